The smallest absolute Gasteiger partial charge is 0.357 e. The summed E-state index contributed by atoms with van der Waals surface area (Å²) in [6.07, 6.45) is 0.994. The van der Waals surface area contributed by atoms with Gasteiger partial charge in [0.15, 0.2) is 5.78 Å². The molecule has 6 nitrogen and oxygen atoms in total. The van der Waals surface area contributed by atoms with Gasteiger partial charge in [0.05, 0.1) is 18.7 Å². The van der Waals surface area contributed by atoms with Crippen LogP contribution >= 0.6 is 0 Å². The van der Waals surface area contributed by atoms with Gasteiger partial charge < -0.3 is 9.57 Å². The number of nitrogens with zero attached hydrogens (tertiary/aromatic N) is 1. The monoisotopic (exact) mass is 305 g/mol. The first-order chi connectivity index (χ1) is 10.6. The van der Waals surface area contributed by atoms with Crippen LogP contribution in [0, 0.1) is 5.92 Å². The van der Waals surface area contributed by atoms with E-state index in [0.29, 0.717) is 24.9 Å². The van der Waals surface area contributed by atoms with E-state index in [-0.39, 0.29) is 18.9 Å². The van der Waals surface area contributed by atoms with Gasteiger partial charge in [-0.3, -0.25) is 9.59 Å². The Morgan fingerprint density at radius 3 is 2.68 bits per heavy atom. The largest absolute Gasteiger partial charge is 0.465 e. The quantitative estimate of drug-likeness (QED) is 0.621. The van der Waals surface area contributed by atoms with E-state index >= 15 is 0 Å². The Kier molecular flexibility index (Phi) is 5.66. The molecule has 0 spiro atoms. The summed E-state index contributed by atoms with van der Waals surface area (Å²) in [5.74, 6) is -2.05. The molecule has 1 fully saturated rings. The van der Waals surface area contributed by atoms with Crippen LogP contribution in [0.1, 0.15) is 30.1 Å². The summed E-state index contributed by atoms with van der Waals surface area (Å²) in [5.41, 5.74) is 0.418. The molecule has 0 aromatic heterocycles. The third kappa shape index (κ3) is 4.14. The van der Waals surface area contributed by atoms with Gasteiger partial charge in [0, 0.05) is 6.54 Å². The summed E-state index contributed by atoms with van der Waals surface area (Å²) in [6, 6.07) is 8.56. The van der Waals surface area contributed by atoms with Gasteiger partial charge in [-0.15, -0.1) is 5.06 Å². The summed E-state index contributed by atoms with van der Waals surface area (Å²) >= 11 is 0. The second kappa shape index (κ2) is 7.70. The lowest BCUT2D eigenvalue weighted by Gasteiger charge is -2.18. The number of ether oxygens (including phenoxy) is 1. The predicted molar refractivity (Wildman–Crippen MR) is 77.8 cm³/mol. The second-order valence-electron chi connectivity index (χ2n) is 5.02. The van der Waals surface area contributed by atoms with Crippen LogP contribution in [-0.4, -0.2) is 42.5 Å². The van der Waals surface area contributed by atoms with Crippen molar-refractivity contribution in [2.24, 2.45) is 5.92 Å². The van der Waals surface area contributed by atoms with E-state index in [2.05, 4.69) is 0 Å². The molecule has 0 amide bonds. The molecule has 0 aliphatic carbocycles. The Hall–Kier alpha value is -2.21. The highest BCUT2D eigenvalue weighted by molar-refractivity contribution is 6.00. The minimum absolute atomic E-state index is 0.0952. The first-order valence-electron chi connectivity index (χ1n) is 7.33. The summed E-state index contributed by atoms with van der Waals surface area (Å²) in [6.45, 7) is 2.27. The Balaban J connectivity index is 1.96. The first kappa shape index (κ1) is 16.2. The number of carbonyl (C=O) groups excluding carboxylic acids is 3. The van der Waals surface area contributed by atoms with Crippen LogP contribution in [0.25, 0.3) is 0 Å². The van der Waals surface area contributed by atoms with E-state index < -0.39 is 17.9 Å². The number of rotatable bonds is 4. The van der Waals surface area contributed by atoms with Crippen LogP contribution in [0.4, 0.5) is 0 Å². The van der Waals surface area contributed by atoms with Crippen LogP contribution in [0.15, 0.2) is 30.3 Å². The minimum atomic E-state index is -0.764. The first-order valence-corrected chi connectivity index (χ1v) is 7.33. The zero-order valence-electron chi connectivity index (χ0n) is 12.5. The van der Waals surface area contributed by atoms with Gasteiger partial charge >= 0.3 is 11.9 Å². The number of benzene rings is 1. The highest BCUT2D eigenvalue weighted by atomic mass is 16.7. The molecule has 118 valence electrons. The van der Waals surface area contributed by atoms with Gasteiger partial charge in [0.1, 0.15) is 5.92 Å². The summed E-state index contributed by atoms with van der Waals surface area (Å²) in [7, 11) is 0. The molecular weight excluding hydrogens is 286 g/mol. The van der Waals surface area contributed by atoms with Crippen molar-refractivity contribution in [1.82, 2.24) is 5.06 Å². The highest BCUT2D eigenvalue weighted by Gasteiger charge is 2.32. The van der Waals surface area contributed by atoms with Crippen LogP contribution in [0.2, 0.25) is 0 Å². The number of carbonyl (C=O) groups is 3. The third-order valence-corrected chi connectivity index (χ3v) is 3.41. The van der Waals surface area contributed by atoms with E-state index in [1.807, 2.05) is 0 Å². The molecule has 6 heteroatoms. The number of Topliss-reactive ketones (excluding diaryl/α,β-unsaturated/α-hetero) is 1. The summed E-state index contributed by atoms with van der Waals surface area (Å²) < 4.78 is 4.91. The zero-order valence-corrected chi connectivity index (χ0v) is 12.5. The average Bonchev–Trinajstić information content (AvgIpc) is 2.69. The number of hydrogen-bond donors (Lipinski definition) is 0. The molecule has 0 bridgehead atoms. The Morgan fingerprint density at radius 2 is 2.00 bits per heavy atom. The SMILES string of the molecule is CCOC(=O)C1CCCN(OC(=O)c2ccccc2)CC1=O. The maximum Gasteiger partial charge on any atom is 0.357 e. The fourth-order valence-electron chi connectivity index (χ4n) is 2.31. The zero-order chi connectivity index (χ0) is 15.9. The van der Waals surface area contributed by atoms with E-state index in [4.69, 9.17) is 9.57 Å². The molecular formula is C16H19NO5. The predicted octanol–water partition coefficient (Wildman–Crippen LogP) is 1.60. The van der Waals surface area contributed by atoms with Crippen LogP contribution in [-0.2, 0) is 19.2 Å². The van der Waals surface area contributed by atoms with Crippen molar-refractivity contribution < 1.29 is 24.0 Å². The van der Waals surface area contributed by atoms with Gasteiger partial charge in [0.25, 0.3) is 0 Å². The molecule has 1 aromatic rings. The fourth-order valence-corrected chi connectivity index (χ4v) is 2.31. The fraction of sp³-hybridized carbons (Fsp3) is 0.438. The van der Waals surface area contributed by atoms with Crippen molar-refractivity contribution in [3.8, 4) is 0 Å². The number of esters is 1. The Labute approximate surface area is 129 Å². The lowest BCUT2D eigenvalue weighted by atomic mass is 10.00. The van der Waals surface area contributed by atoms with Crippen molar-refractivity contribution in [3.63, 3.8) is 0 Å². The standard InChI is InChI=1S/C16H19NO5/c1-2-21-16(20)13-9-6-10-17(11-14(13)18)22-15(19)12-7-4-3-5-8-12/h3-5,7-8,13H,2,6,9-11H2,1H3. The van der Waals surface area contributed by atoms with E-state index in [9.17, 15) is 14.4 Å². The molecule has 1 saturated heterocycles. The van der Waals surface area contributed by atoms with Gasteiger partial charge in [-0.1, -0.05) is 18.2 Å². The third-order valence-electron chi connectivity index (χ3n) is 3.41. The number of hydrogen-bond acceptors (Lipinski definition) is 6. The van der Waals surface area contributed by atoms with Crippen molar-refractivity contribution >= 4 is 17.7 Å². The lowest BCUT2D eigenvalue weighted by Crippen LogP contribution is -2.35. The molecule has 2 rings (SSSR count). The van der Waals surface area contributed by atoms with Gasteiger partial charge in [-0.25, -0.2) is 4.79 Å². The Bertz CT molecular complexity index is 543. The van der Waals surface area contributed by atoms with E-state index in [1.165, 1.54) is 5.06 Å². The molecule has 1 unspecified atom stereocenters. The molecule has 1 aliphatic rings. The molecule has 1 heterocycles. The summed E-state index contributed by atoms with van der Waals surface area (Å²) in [4.78, 5) is 41.1. The minimum Gasteiger partial charge on any atom is -0.465 e. The molecule has 22 heavy (non-hydrogen) atoms. The molecule has 0 saturated carbocycles. The topological polar surface area (TPSA) is 72.9 Å². The van der Waals surface area contributed by atoms with Crippen molar-refractivity contribution in [2.75, 3.05) is 19.7 Å². The summed E-state index contributed by atoms with van der Waals surface area (Å²) in [5, 5.41) is 1.32. The van der Waals surface area contributed by atoms with Gasteiger partial charge in [-0.05, 0) is 31.9 Å². The number of hydroxylamine groups is 2. The average molecular weight is 305 g/mol. The van der Waals surface area contributed by atoms with Crippen LogP contribution < -0.4 is 0 Å². The van der Waals surface area contributed by atoms with Crippen LogP contribution in [0.3, 0.4) is 0 Å². The van der Waals surface area contributed by atoms with Crippen molar-refractivity contribution in [3.05, 3.63) is 35.9 Å². The molecule has 1 aromatic carbocycles. The van der Waals surface area contributed by atoms with Gasteiger partial charge in [-0.2, -0.15) is 0 Å². The van der Waals surface area contributed by atoms with E-state index in [1.54, 1.807) is 37.3 Å². The number of ketones is 1. The Morgan fingerprint density at radius 1 is 1.27 bits per heavy atom. The molecule has 1 aliphatic heterocycles. The van der Waals surface area contributed by atoms with E-state index in [0.717, 1.165) is 0 Å². The normalized spacial score (nSPS) is 19.3. The van der Waals surface area contributed by atoms with Crippen molar-refractivity contribution in [2.45, 2.75) is 19.8 Å². The molecule has 0 radical (unpaired) electrons. The molecule has 1 atom stereocenters. The highest BCUT2D eigenvalue weighted by Crippen LogP contribution is 2.17. The van der Waals surface area contributed by atoms with Crippen LogP contribution in [0.5, 0.6) is 0 Å². The maximum absolute atomic E-state index is 12.1. The second-order valence-corrected chi connectivity index (χ2v) is 5.02. The van der Waals surface area contributed by atoms with Gasteiger partial charge in [0.2, 0.25) is 0 Å². The molecule has 0 N–H and O–H groups in total. The lowest BCUT2D eigenvalue weighted by molar-refractivity contribution is -0.153. The maximum atomic E-state index is 12.1. The van der Waals surface area contributed by atoms with Crippen molar-refractivity contribution in [1.29, 1.82) is 0 Å².